The maximum absolute atomic E-state index is 13.2. The van der Waals surface area contributed by atoms with Gasteiger partial charge in [0.1, 0.15) is 53.5 Å². The molecule has 3 fully saturated rings. The molecule has 12 N–H and O–H groups in total. The van der Waals surface area contributed by atoms with Gasteiger partial charge in [-0.15, -0.1) is 0 Å². The van der Waals surface area contributed by atoms with E-state index in [1.807, 2.05) is 0 Å². The molecule has 0 spiro atoms. The Morgan fingerprint density at radius 2 is 0.594 bits per heavy atom. The SMILES string of the molecule is O=C(CCC1NC(=O)C(Cc2ccc(O)cc2)NC1=O)Nc1nc(NC(=O)CCC2NC(=O)C(Cc3ccc(O)cc3)NC2=O)nc(NC(=O)CCC2NC(=O)C(Cc3ccc(O)cc3)NC2=O)n1. The van der Waals surface area contributed by atoms with Gasteiger partial charge in [0, 0.05) is 38.5 Å². The van der Waals surface area contributed by atoms with Crippen LogP contribution in [-0.4, -0.2) is 120 Å². The molecule has 24 heteroatoms. The zero-order valence-electron chi connectivity index (χ0n) is 36.6. The normalized spacial score (nSPS) is 21.0. The molecule has 9 amide bonds. The predicted octanol–water partition coefficient (Wildman–Crippen LogP) is -1.18. The van der Waals surface area contributed by atoms with Gasteiger partial charge in [0.05, 0.1) is 0 Å². The van der Waals surface area contributed by atoms with Crippen LogP contribution in [0.1, 0.15) is 55.2 Å². The number of anilines is 3. The number of rotatable bonds is 18. The van der Waals surface area contributed by atoms with Gasteiger partial charge >= 0.3 is 0 Å². The average Bonchev–Trinajstić information content (AvgIpc) is 3.30. The molecule has 0 aliphatic carbocycles. The molecule has 360 valence electrons. The van der Waals surface area contributed by atoms with E-state index in [0.29, 0.717) is 16.7 Å². The van der Waals surface area contributed by atoms with Crippen molar-refractivity contribution in [3.63, 3.8) is 0 Å². The van der Waals surface area contributed by atoms with Gasteiger partial charge in [-0.05, 0) is 72.4 Å². The summed E-state index contributed by atoms with van der Waals surface area (Å²) in [5, 5.41) is 51.6. The highest BCUT2D eigenvalue weighted by Crippen LogP contribution is 2.18. The molecule has 3 aliphatic heterocycles. The van der Waals surface area contributed by atoms with E-state index in [4.69, 9.17) is 0 Å². The van der Waals surface area contributed by atoms with Gasteiger partial charge in [-0.3, -0.25) is 59.1 Å². The summed E-state index contributed by atoms with van der Waals surface area (Å²) in [5.74, 6) is -6.39. The number of carbonyl (C=O) groups is 9. The number of nitrogens with one attached hydrogen (secondary N) is 9. The van der Waals surface area contributed by atoms with E-state index in [2.05, 4.69) is 62.8 Å². The van der Waals surface area contributed by atoms with Gasteiger partial charge in [0.25, 0.3) is 0 Å². The number of hydrogen-bond acceptors (Lipinski definition) is 15. The van der Waals surface area contributed by atoms with Crippen molar-refractivity contribution in [2.75, 3.05) is 16.0 Å². The third kappa shape index (κ3) is 13.5. The van der Waals surface area contributed by atoms with Crippen LogP contribution in [0.5, 0.6) is 17.2 Å². The monoisotopic (exact) mass is 948 g/mol. The molecule has 7 rings (SSSR count). The van der Waals surface area contributed by atoms with E-state index in [0.717, 1.165) is 0 Å². The number of aromatic nitrogens is 3. The van der Waals surface area contributed by atoms with Crippen molar-refractivity contribution in [3.05, 3.63) is 89.5 Å². The second-order valence-electron chi connectivity index (χ2n) is 16.5. The van der Waals surface area contributed by atoms with Crippen LogP contribution < -0.4 is 47.9 Å². The Morgan fingerprint density at radius 1 is 0.377 bits per heavy atom. The molecular weight excluding hydrogens is 901 g/mol. The number of benzene rings is 3. The first kappa shape index (κ1) is 48.2. The molecule has 0 radical (unpaired) electrons. The first-order valence-electron chi connectivity index (χ1n) is 21.8. The Hall–Kier alpha value is -8.70. The van der Waals surface area contributed by atoms with Gasteiger partial charge in [-0.25, -0.2) is 0 Å². The fraction of sp³-hybridized carbons (Fsp3) is 0.333. The molecule has 4 heterocycles. The lowest BCUT2D eigenvalue weighted by Gasteiger charge is -2.29. The molecule has 24 nitrogen and oxygen atoms in total. The topological polar surface area (TPSA) is 361 Å². The summed E-state index contributed by atoms with van der Waals surface area (Å²) >= 11 is 0. The van der Waals surface area contributed by atoms with E-state index >= 15 is 0 Å². The average molecular weight is 949 g/mol. The van der Waals surface area contributed by atoms with Gasteiger partial charge < -0.3 is 47.2 Å². The standard InChI is InChI=1S/C45H48N12O12/c58-25-7-1-22(2-8-25)19-31-40(67)46-28(37(64)49-31)13-16-34(61)52-43-55-44(53-35(62)17-14-29-38(65)50-32(41(68)47-29)20-23-3-9-26(59)10-4-23)57-45(56-43)54-36(63)18-15-30-39(66)51-33(42(69)48-30)21-24-5-11-27(60)12-6-24/h1-12,28-33,58-60H,13-21H2,(H,46,67)(H,47,68)(H,48,69)(H,49,64)(H,50,65)(H,51,66)(H3,52,53,54,55,56,57,61,62,63). The Balaban J connectivity index is 0.951. The summed E-state index contributed by atoms with van der Waals surface area (Å²) < 4.78 is 0. The lowest BCUT2D eigenvalue weighted by molar-refractivity contribution is -0.137. The minimum Gasteiger partial charge on any atom is -0.508 e. The van der Waals surface area contributed by atoms with Crippen molar-refractivity contribution < 1.29 is 58.5 Å². The van der Waals surface area contributed by atoms with Crippen LogP contribution in [0.3, 0.4) is 0 Å². The van der Waals surface area contributed by atoms with Crippen LogP contribution in [0.2, 0.25) is 0 Å². The van der Waals surface area contributed by atoms with E-state index in [-0.39, 0.29) is 75.0 Å². The van der Waals surface area contributed by atoms with E-state index in [1.54, 1.807) is 36.4 Å². The van der Waals surface area contributed by atoms with Crippen molar-refractivity contribution in [2.45, 2.75) is 94.0 Å². The molecular formula is C45H48N12O12. The zero-order chi connectivity index (χ0) is 49.2. The molecule has 0 bridgehead atoms. The smallest absolute Gasteiger partial charge is 0.243 e. The van der Waals surface area contributed by atoms with Crippen LogP contribution in [0.15, 0.2) is 72.8 Å². The highest BCUT2D eigenvalue weighted by Gasteiger charge is 2.36. The summed E-state index contributed by atoms with van der Waals surface area (Å²) in [6.07, 6.45) is -0.919. The molecule has 6 unspecified atom stereocenters. The highest BCUT2D eigenvalue weighted by atomic mass is 16.3. The minimum absolute atomic E-state index is 0.0447. The molecule has 0 saturated carbocycles. The first-order chi connectivity index (χ1) is 33.0. The number of piperazine rings is 3. The van der Waals surface area contributed by atoms with Crippen molar-refractivity contribution in [3.8, 4) is 17.2 Å². The lowest BCUT2D eigenvalue weighted by Crippen LogP contribution is -2.62. The Kier molecular flexibility index (Phi) is 15.2. The minimum atomic E-state index is -1.07. The Bertz CT molecular complexity index is 2330. The van der Waals surface area contributed by atoms with Crippen LogP contribution >= 0.6 is 0 Å². The summed E-state index contributed by atoms with van der Waals surface area (Å²) in [5.41, 5.74) is 2.08. The van der Waals surface area contributed by atoms with Crippen molar-refractivity contribution in [1.29, 1.82) is 0 Å². The van der Waals surface area contributed by atoms with Crippen molar-refractivity contribution >= 4 is 71.0 Å². The number of carbonyl (C=O) groups excluding carboxylic acids is 9. The molecule has 4 aromatic rings. The number of phenolic OH excluding ortho intramolecular Hbond substituents is 3. The predicted molar refractivity (Wildman–Crippen MR) is 240 cm³/mol. The van der Waals surface area contributed by atoms with Crippen molar-refractivity contribution in [1.82, 2.24) is 46.9 Å². The summed E-state index contributed by atoms with van der Waals surface area (Å²) in [6, 6.07) is 12.6. The number of hydrogen-bond donors (Lipinski definition) is 12. The van der Waals surface area contributed by atoms with Gasteiger partial charge in [0.2, 0.25) is 71.0 Å². The fourth-order valence-electron chi connectivity index (χ4n) is 7.60. The maximum atomic E-state index is 13.2. The van der Waals surface area contributed by atoms with Gasteiger partial charge in [-0.1, -0.05) is 36.4 Å². The fourth-order valence-corrected chi connectivity index (χ4v) is 7.60. The third-order valence-corrected chi connectivity index (χ3v) is 11.3. The highest BCUT2D eigenvalue weighted by molar-refractivity contribution is 6.00. The number of nitrogens with zero attached hydrogens (tertiary/aromatic N) is 3. The zero-order valence-corrected chi connectivity index (χ0v) is 36.6. The lowest BCUT2D eigenvalue weighted by atomic mass is 10.00. The van der Waals surface area contributed by atoms with Crippen molar-refractivity contribution in [2.24, 2.45) is 0 Å². The van der Waals surface area contributed by atoms with Crippen LogP contribution in [0.4, 0.5) is 17.8 Å². The van der Waals surface area contributed by atoms with E-state index < -0.39 is 107 Å². The molecule has 3 aromatic carbocycles. The molecule has 1 aromatic heterocycles. The second-order valence-corrected chi connectivity index (χ2v) is 16.5. The molecule has 6 atom stereocenters. The summed E-state index contributed by atoms with van der Waals surface area (Å²) in [4.78, 5) is 129. The number of phenols is 3. The van der Waals surface area contributed by atoms with Crippen LogP contribution in [-0.2, 0) is 62.4 Å². The quantitative estimate of drug-likeness (QED) is 0.0559. The summed E-state index contributed by atoms with van der Waals surface area (Å²) in [6.45, 7) is 0. The Morgan fingerprint density at radius 3 is 0.841 bits per heavy atom. The molecule has 3 aliphatic rings. The molecule has 3 saturated heterocycles. The van der Waals surface area contributed by atoms with Crippen LogP contribution in [0, 0.1) is 0 Å². The first-order valence-corrected chi connectivity index (χ1v) is 21.8. The largest absolute Gasteiger partial charge is 0.508 e. The van der Waals surface area contributed by atoms with Crippen LogP contribution in [0.25, 0.3) is 0 Å². The number of amides is 9. The van der Waals surface area contributed by atoms with E-state index in [9.17, 15) is 58.5 Å². The third-order valence-electron chi connectivity index (χ3n) is 11.3. The van der Waals surface area contributed by atoms with Gasteiger partial charge in [0.15, 0.2) is 0 Å². The Labute approximate surface area is 392 Å². The summed E-state index contributed by atoms with van der Waals surface area (Å²) in [7, 11) is 0. The van der Waals surface area contributed by atoms with Gasteiger partial charge in [-0.2, -0.15) is 15.0 Å². The number of aromatic hydroxyl groups is 3. The molecule has 69 heavy (non-hydrogen) atoms. The van der Waals surface area contributed by atoms with E-state index in [1.165, 1.54) is 36.4 Å². The maximum Gasteiger partial charge on any atom is 0.243 e. The second kappa shape index (κ2) is 21.7.